The van der Waals surface area contributed by atoms with Crippen molar-refractivity contribution < 1.29 is 4.79 Å². The Bertz CT molecular complexity index is 478. The number of nitrogens with two attached hydrogens (primary N) is 1. The van der Waals surface area contributed by atoms with Gasteiger partial charge in [-0.1, -0.05) is 25.2 Å². The number of thioether (sulfide) groups is 1. The fourth-order valence-corrected chi connectivity index (χ4v) is 4.47. The second kappa shape index (κ2) is 7.89. The lowest BCUT2D eigenvalue weighted by Gasteiger charge is -2.12. The van der Waals surface area contributed by atoms with E-state index < -0.39 is 0 Å². The zero-order valence-electron chi connectivity index (χ0n) is 12.6. The number of nitrogens with zero attached hydrogens (tertiary/aromatic N) is 1. The van der Waals surface area contributed by atoms with Crippen molar-refractivity contribution in [3.63, 3.8) is 0 Å². The standard InChI is InChI=1S/C14H24N4OS2/c1-3-7-16-14-18-12(15)11(21-14)13(19)17-9-5-6-10(8-9)20-4-2/h9-10H,3-8,15H2,1-2H3,(H,16,18)(H,17,19). The van der Waals surface area contributed by atoms with Crippen LogP contribution in [0.4, 0.5) is 10.9 Å². The normalized spacial score (nSPS) is 21.4. The first-order chi connectivity index (χ1) is 10.1. The van der Waals surface area contributed by atoms with Gasteiger partial charge in [0.1, 0.15) is 10.7 Å². The molecule has 2 atom stereocenters. The molecule has 5 nitrogen and oxygen atoms in total. The molecule has 1 aromatic heterocycles. The molecule has 0 saturated heterocycles. The van der Waals surface area contributed by atoms with Gasteiger partial charge in [0.05, 0.1) is 0 Å². The van der Waals surface area contributed by atoms with Crippen molar-refractivity contribution in [2.24, 2.45) is 0 Å². The van der Waals surface area contributed by atoms with Gasteiger partial charge in [-0.2, -0.15) is 11.8 Å². The molecular weight excluding hydrogens is 304 g/mol. The first-order valence-corrected chi connectivity index (χ1v) is 9.43. The number of aromatic nitrogens is 1. The molecule has 0 aromatic carbocycles. The molecule has 0 bridgehead atoms. The van der Waals surface area contributed by atoms with E-state index in [0.717, 1.165) is 36.7 Å². The molecule has 1 aromatic rings. The van der Waals surface area contributed by atoms with Crippen LogP contribution in [0.25, 0.3) is 0 Å². The van der Waals surface area contributed by atoms with Gasteiger partial charge in [-0.15, -0.1) is 0 Å². The summed E-state index contributed by atoms with van der Waals surface area (Å²) >= 11 is 3.32. The predicted molar refractivity (Wildman–Crippen MR) is 92.3 cm³/mol. The van der Waals surface area contributed by atoms with Crippen LogP contribution in [0.1, 0.15) is 49.2 Å². The minimum Gasteiger partial charge on any atom is -0.382 e. The molecule has 1 saturated carbocycles. The lowest BCUT2D eigenvalue weighted by molar-refractivity contribution is 0.0943. The summed E-state index contributed by atoms with van der Waals surface area (Å²) in [6.07, 6.45) is 4.32. The van der Waals surface area contributed by atoms with Crippen molar-refractivity contribution >= 4 is 40.0 Å². The zero-order valence-corrected chi connectivity index (χ0v) is 14.3. The predicted octanol–water partition coefficient (Wildman–Crippen LogP) is 2.95. The van der Waals surface area contributed by atoms with Crippen molar-refractivity contribution in [2.75, 3.05) is 23.3 Å². The van der Waals surface area contributed by atoms with Gasteiger partial charge < -0.3 is 16.4 Å². The minimum absolute atomic E-state index is 0.0818. The molecule has 7 heteroatoms. The number of nitrogen functional groups attached to an aromatic ring is 1. The third-order valence-corrected chi connectivity index (χ3v) is 5.77. The molecular formula is C14H24N4OS2. The number of rotatable bonds is 7. The second-order valence-corrected chi connectivity index (χ2v) is 7.80. The highest BCUT2D eigenvalue weighted by Gasteiger charge is 2.27. The van der Waals surface area contributed by atoms with Crippen molar-refractivity contribution in [3.05, 3.63) is 4.88 Å². The topological polar surface area (TPSA) is 80.0 Å². The van der Waals surface area contributed by atoms with E-state index in [2.05, 4.69) is 29.5 Å². The Morgan fingerprint density at radius 3 is 3.00 bits per heavy atom. The van der Waals surface area contributed by atoms with Crippen LogP contribution in [-0.2, 0) is 0 Å². The van der Waals surface area contributed by atoms with Crippen LogP contribution in [0, 0.1) is 0 Å². The van der Waals surface area contributed by atoms with Gasteiger partial charge in [-0.05, 0) is 31.4 Å². The van der Waals surface area contributed by atoms with Gasteiger partial charge in [0.2, 0.25) is 0 Å². The number of carbonyl (C=O) groups is 1. The number of anilines is 2. The Labute approximate surface area is 134 Å². The van der Waals surface area contributed by atoms with Crippen molar-refractivity contribution in [3.8, 4) is 0 Å². The second-order valence-electron chi connectivity index (χ2n) is 5.22. The van der Waals surface area contributed by atoms with Gasteiger partial charge >= 0.3 is 0 Å². The molecule has 2 rings (SSSR count). The number of hydrogen-bond donors (Lipinski definition) is 3. The quantitative estimate of drug-likeness (QED) is 0.717. The fraction of sp³-hybridized carbons (Fsp3) is 0.714. The van der Waals surface area contributed by atoms with E-state index in [1.807, 2.05) is 11.8 Å². The third kappa shape index (κ3) is 4.51. The zero-order chi connectivity index (χ0) is 15.2. The summed E-state index contributed by atoms with van der Waals surface area (Å²) in [5.41, 5.74) is 5.86. The number of carbonyl (C=O) groups excluding carboxylic acids is 1. The third-order valence-electron chi connectivity index (χ3n) is 3.51. The smallest absolute Gasteiger partial charge is 0.265 e. The Morgan fingerprint density at radius 1 is 1.48 bits per heavy atom. The molecule has 21 heavy (non-hydrogen) atoms. The van der Waals surface area contributed by atoms with E-state index in [9.17, 15) is 4.79 Å². The number of hydrogen-bond acceptors (Lipinski definition) is 6. The summed E-state index contributed by atoms with van der Waals surface area (Å²) in [6, 6.07) is 0.273. The molecule has 0 aliphatic heterocycles. The SMILES string of the molecule is CCCNc1nc(N)c(C(=O)NC2CCC(SCC)C2)s1. The molecule has 1 aliphatic rings. The number of thiazole rings is 1. The highest BCUT2D eigenvalue weighted by Crippen LogP contribution is 2.31. The largest absolute Gasteiger partial charge is 0.382 e. The van der Waals surface area contributed by atoms with E-state index in [1.165, 1.54) is 17.8 Å². The van der Waals surface area contributed by atoms with Crippen LogP contribution in [0.15, 0.2) is 0 Å². The Hall–Kier alpha value is -0.950. The maximum Gasteiger partial charge on any atom is 0.265 e. The van der Waals surface area contributed by atoms with Crippen molar-refractivity contribution in [1.29, 1.82) is 0 Å². The summed E-state index contributed by atoms with van der Waals surface area (Å²) in [7, 11) is 0. The molecule has 118 valence electrons. The first-order valence-electron chi connectivity index (χ1n) is 7.56. The summed E-state index contributed by atoms with van der Waals surface area (Å²) in [5.74, 6) is 1.38. The van der Waals surface area contributed by atoms with E-state index >= 15 is 0 Å². The van der Waals surface area contributed by atoms with Crippen LogP contribution >= 0.6 is 23.1 Å². The Morgan fingerprint density at radius 2 is 2.29 bits per heavy atom. The van der Waals surface area contributed by atoms with Gasteiger partial charge in [0, 0.05) is 17.8 Å². The monoisotopic (exact) mass is 328 g/mol. The lowest BCUT2D eigenvalue weighted by Crippen LogP contribution is -2.33. The van der Waals surface area contributed by atoms with Gasteiger partial charge in [-0.3, -0.25) is 4.79 Å². The average Bonchev–Trinajstić information content (AvgIpc) is 3.04. The Kier molecular flexibility index (Phi) is 6.17. The van der Waals surface area contributed by atoms with Gasteiger partial charge in [0.25, 0.3) is 5.91 Å². The summed E-state index contributed by atoms with van der Waals surface area (Å²) in [4.78, 5) is 17.1. The number of amides is 1. The summed E-state index contributed by atoms with van der Waals surface area (Å²) < 4.78 is 0. The van der Waals surface area contributed by atoms with E-state index in [4.69, 9.17) is 5.73 Å². The fourth-order valence-electron chi connectivity index (χ4n) is 2.51. The molecule has 1 fully saturated rings. The maximum atomic E-state index is 12.3. The van der Waals surface area contributed by atoms with Gasteiger partial charge in [0.15, 0.2) is 5.13 Å². The summed E-state index contributed by atoms with van der Waals surface area (Å²) in [5, 5.41) is 7.68. The number of nitrogens with one attached hydrogen (secondary N) is 2. The van der Waals surface area contributed by atoms with Crippen LogP contribution in [-0.4, -0.2) is 34.5 Å². The molecule has 4 N–H and O–H groups in total. The molecule has 0 spiro atoms. The minimum atomic E-state index is -0.0818. The van der Waals surface area contributed by atoms with E-state index in [-0.39, 0.29) is 11.9 Å². The van der Waals surface area contributed by atoms with Crippen LogP contribution < -0.4 is 16.4 Å². The van der Waals surface area contributed by atoms with Crippen LogP contribution in [0.3, 0.4) is 0 Å². The maximum absolute atomic E-state index is 12.3. The lowest BCUT2D eigenvalue weighted by atomic mass is 10.2. The van der Waals surface area contributed by atoms with Gasteiger partial charge in [-0.25, -0.2) is 4.98 Å². The highest BCUT2D eigenvalue weighted by atomic mass is 32.2. The van der Waals surface area contributed by atoms with Crippen molar-refractivity contribution in [1.82, 2.24) is 10.3 Å². The first kappa shape index (κ1) is 16.4. The van der Waals surface area contributed by atoms with Crippen LogP contribution in [0.5, 0.6) is 0 Å². The summed E-state index contributed by atoms with van der Waals surface area (Å²) in [6.45, 7) is 5.11. The Balaban J connectivity index is 1.90. The molecule has 2 unspecified atom stereocenters. The molecule has 1 amide bonds. The van der Waals surface area contributed by atoms with Crippen molar-refractivity contribution in [2.45, 2.75) is 50.8 Å². The molecule has 1 aliphatic carbocycles. The molecule has 0 radical (unpaired) electrons. The van der Waals surface area contributed by atoms with E-state index in [0.29, 0.717) is 15.9 Å². The molecule has 1 heterocycles. The average molecular weight is 329 g/mol. The highest BCUT2D eigenvalue weighted by molar-refractivity contribution is 7.99. The van der Waals surface area contributed by atoms with Crippen LogP contribution in [0.2, 0.25) is 0 Å². The van der Waals surface area contributed by atoms with E-state index in [1.54, 1.807) is 0 Å².